The standard InChI is InChI=1S/C22H24F4O/c1-2-3-15-4-7-17(21(23)13-15)8-5-16-6-9-19-14-20(27-22(24,25)26)11-10-18(19)12-16/h4,7,10-11,13-14,16H,2-3,5-6,8-9,12H2,1H3. The first-order chi connectivity index (χ1) is 12.8. The summed E-state index contributed by atoms with van der Waals surface area (Å²) in [6.45, 7) is 2.07. The Hall–Kier alpha value is -2.04. The summed E-state index contributed by atoms with van der Waals surface area (Å²) in [4.78, 5) is 0. The van der Waals surface area contributed by atoms with E-state index in [4.69, 9.17) is 0 Å². The molecule has 0 radical (unpaired) electrons. The normalized spacial score (nSPS) is 16.9. The topological polar surface area (TPSA) is 9.23 Å². The van der Waals surface area contributed by atoms with Crippen molar-refractivity contribution in [1.29, 1.82) is 0 Å². The molecule has 1 unspecified atom stereocenters. The van der Waals surface area contributed by atoms with Crippen molar-refractivity contribution in [3.05, 3.63) is 64.5 Å². The highest BCUT2D eigenvalue weighted by atomic mass is 19.4. The maximum absolute atomic E-state index is 14.2. The lowest BCUT2D eigenvalue weighted by molar-refractivity contribution is -0.274. The summed E-state index contributed by atoms with van der Waals surface area (Å²) in [6, 6.07) is 10.1. The van der Waals surface area contributed by atoms with E-state index >= 15 is 0 Å². The van der Waals surface area contributed by atoms with Crippen LogP contribution in [0.4, 0.5) is 17.6 Å². The van der Waals surface area contributed by atoms with Crippen LogP contribution in [-0.2, 0) is 25.7 Å². The summed E-state index contributed by atoms with van der Waals surface area (Å²) in [7, 11) is 0. The van der Waals surface area contributed by atoms with E-state index in [0.29, 0.717) is 12.3 Å². The Kier molecular flexibility index (Phi) is 6.08. The highest BCUT2D eigenvalue weighted by Crippen LogP contribution is 2.32. The maximum Gasteiger partial charge on any atom is 0.573 e. The van der Waals surface area contributed by atoms with Crippen LogP contribution in [0.3, 0.4) is 0 Å². The molecule has 3 rings (SSSR count). The quantitative estimate of drug-likeness (QED) is 0.526. The van der Waals surface area contributed by atoms with Gasteiger partial charge in [0.1, 0.15) is 11.6 Å². The number of benzene rings is 2. The van der Waals surface area contributed by atoms with Crippen LogP contribution in [0.1, 0.15) is 48.4 Å². The highest BCUT2D eigenvalue weighted by molar-refractivity contribution is 5.37. The van der Waals surface area contributed by atoms with Crippen molar-refractivity contribution < 1.29 is 22.3 Å². The van der Waals surface area contributed by atoms with Gasteiger partial charge < -0.3 is 4.74 Å². The molecule has 1 nitrogen and oxygen atoms in total. The maximum atomic E-state index is 14.2. The third-order valence-electron chi connectivity index (χ3n) is 5.22. The highest BCUT2D eigenvalue weighted by Gasteiger charge is 2.31. The van der Waals surface area contributed by atoms with Gasteiger partial charge in [0.15, 0.2) is 0 Å². The average molecular weight is 380 g/mol. The average Bonchev–Trinajstić information content (AvgIpc) is 2.60. The summed E-state index contributed by atoms with van der Waals surface area (Å²) >= 11 is 0. The Morgan fingerprint density at radius 2 is 1.85 bits per heavy atom. The van der Waals surface area contributed by atoms with E-state index in [2.05, 4.69) is 11.7 Å². The van der Waals surface area contributed by atoms with Gasteiger partial charge in [-0.25, -0.2) is 4.39 Å². The molecule has 1 aliphatic rings. The Bertz CT molecular complexity index is 782. The molecule has 0 spiro atoms. The summed E-state index contributed by atoms with van der Waals surface area (Å²) in [6.07, 6.45) is 1.23. The molecule has 2 aromatic carbocycles. The van der Waals surface area contributed by atoms with Gasteiger partial charge in [-0.15, -0.1) is 13.2 Å². The number of hydrogen-bond donors (Lipinski definition) is 0. The van der Waals surface area contributed by atoms with Crippen molar-refractivity contribution >= 4 is 0 Å². The molecule has 146 valence electrons. The molecule has 0 heterocycles. The zero-order chi connectivity index (χ0) is 19.4. The second kappa shape index (κ2) is 8.32. The van der Waals surface area contributed by atoms with E-state index in [1.807, 2.05) is 12.1 Å². The Balaban J connectivity index is 1.58. The van der Waals surface area contributed by atoms with Gasteiger partial charge in [-0.1, -0.05) is 31.5 Å². The Morgan fingerprint density at radius 3 is 2.56 bits per heavy atom. The fourth-order valence-corrected chi connectivity index (χ4v) is 3.85. The van der Waals surface area contributed by atoms with E-state index in [0.717, 1.165) is 60.8 Å². The molecule has 0 fully saturated rings. The van der Waals surface area contributed by atoms with Gasteiger partial charge in [0.25, 0.3) is 0 Å². The van der Waals surface area contributed by atoms with E-state index < -0.39 is 6.36 Å². The number of hydrogen-bond acceptors (Lipinski definition) is 1. The van der Waals surface area contributed by atoms with Crippen molar-refractivity contribution in [2.75, 3.05) is 0 Å². The third kappa shape index (κ3) is 5.47. The van der Waals surface area contributed by atoms with Gasteiger partial charge >= 0.3 is 6.36 Å². The fraction of sp³-hybridized carbons (Fsp3) is 0.455. The summed E-state index contributed by atoms with van der Waals surface area (Å²) in [5.74, 6) is 0.127. The van der Waals surface area contributed by atoms with E-state index in [1.54, 1.807) is 12.1 Å². The second-order valence-corrected chi connectivity index (χ2v) is 7.30. The minimum absolute atomic E-state index is 0.133. The fourth-order valence-electron chi connectivity index (χ4n) is 3.85. The van der Waals surface area contributed by atoms with E-state index in [1.165, 1.54) is 12.1 Å². The summed E-state index contributed by atoms with van der Waals surface area (Å²) < 4.78 is 55.3. The van der Waals surface area contributed by atoms with Crippen LogP contribution in [0.15, 0.2) is 36.4 Å². The van der Waals surface area contributed by atoms with Crippen LogP contribution < -0.4 is 4.74 Å². The lowest BCUT2D eigenvalue weighted by Crippen LogP contribution is -2.19. The zero-order valence-electron chi connectivity index (χ0n) is 15.4. The molecule has 0 amide bonds. The molecule has 0 saturated carbocycles. The number of rotatable bonds is 6. The molecule has 1 atom stereocenters. The Morgan fingerprint density at radius 1 is 1.04 bits per heavy atom. The minimum Gasteiger partial charge on any atom is -0.406 e. The van der Waals surface area contributed by atoms with E-state index in [9.17, 15) is 17.6 Å². The molecular formula is C22H24F4O. The number of halogens is 4. The molecule has 0 N–H and O–H groups in total. The van der Waals surface area contributed by atoms with Gasteiger partial charge in [0, 0.05) is 0 Å². The predicted octanol–water partition coefficient (Wildman–Crippen LogP) is 6.41. The van der Waals surface area contributed by atoms with Crippen molar-refractivity contribution in [3.8, 4) is 5.75 Å². The molecule has 2 aromatic rings. The van der Waals surface area contributed by atoms with E-state index in [-0.39, 0.29) is 11.6 Å². The van der Waals surface area contributed by atoms with Gasteiger partial charge in [-0.3, -0.25) is 0 Å². The van der Waals surface area contributed by atoms with Gasteiger partial charge in [-0.05, 0) is 84.9 Å². The first kappa shape index (κ1) is 19.7. The van der Waals surface area contributed by atoms with Crippen molar-refractivity contribution in [2.24, 2.45) is 5.92 Å². The van der Waals surface area contributed by atoms with Crippen LogP contribution in [0.25, 0.3) is 0 Å². The lowest BCUT2D eigenvalue weighted by atomic mass is 9.81. The smallest absolute Gasteiger partial charge is 0.406 e. The largest absolute Gasteiger partial charge is 0.573 e. The van der Waals surface area contributed by atoms with Gasteiger partial charge in [0.2, 0.25) is 0 Å². The third-order valence-corrected chi connectivity index (χ3v) is 5.22. The Labute approximate surface area is 157 Å². The molecule has 0 aliphatic heterocycles. The van der Waals surface area contributed by atoms with Gasteiger partial charge in [-0.2, -0.15) is 0 Å². The monoisotopic (exact) mass is 380 g/mol. The second-order valence-electron chi connectivity index (χ2n) is 7.30. The summed E-state index contributed by atoms with van der Waals surface area (Å²) in [5.41, 5.74) is 3.76. The molecule has 27 heavy (non-hydrogen) atoms. The lowest BCUT2D eigenvalue weighted by Gasteiger charge is -2.25. The molecule has 0 aromatic heterocycles. The summed E-state index contributed by atoms with van der Waals surface area (Å²) in [5, 5.41) is 0. The number of alkyl halides is 3. The van der Waals surface area contributed by atoms with Crippen LogP contribution >= 0.6 is 0 Å². The molecular weight excluding hydrogens is 356 g/mol. The molecule has 0 bridgehead atoms. The number of ether oxygens (including phenoxy) is 1. The number of fused-ring (bicyclic) bond motifs is 1. The predicted molar refractivity (Wildman–Crippen MR) is 97.4 cm³/mol. The van der Waals surface area contributed by atoms with Crippen LogP contribution in [0.5, 0.6) is 5.75 Å². The minimum atomic E-state index is -4.66. The van der Waals surface area contributed by atoms with Crippen molar-refractivity contribution in [1.82, 2.24) is 0 Å². The first-order valence-electron chi connectivity index (χ1n) is 9.49. The van der Waals surface area contributed by atoms with Gasteiger partial charge in [0.05, 0.1) is 0 Å². The molecule has 0 saturated heterocycles. The van der Waals surface area contributed by atoms with Crippen LogP contribution in [0, 0.1) is 11.7 Å². The molecule has 1 aliphatic carbocycles. The van der Waals surface area contributed by atoms with Crippen LogP contribution in [0.2, 0.25) is 0 Å². The van der Waals surface area contributed by atoms with Crippen LogP contribution in [-0.4, -0.2) is 6.36 Å². The molecule has 5 heteroatoms. The SMILES string of the molecule is CCCc1ccc(CCC2CCc3cc(OC(F)(F)F)ccc3C2)c(F)c1. The first-order valence-corrected chi connectivity index (χ1v) is 9.49. The van der Waals surface area contributed by atoms with Crippen molar-refractivity contribution in [3.63, 3.8) is 0 Å². The van der Waals surface area contributed by atoms with Crippen molar-refractivity contribution in [2.45, 2.75) is 58.2 Å². The number of aryl methyl sites for hydroxylation is 3. The zero-order valence-corrected chi connectivity index (χ0v) is 15.4.